The second-order valence-corrected chi connectivity index (χ2v) is 8.01. The quantitative estimate of drug-likeness (QED) is 0.515. The van der Waals surface area contributed by atoms with Gasteiger partial charge in [-0.15, -0.1) is 11.3 Å². The number of thiophene rings is 1. The summed E-state index contributed by atoms with van der Waals surface area (Å²) in [4.78, 5) is 27.8. The van der Waals surface area contributed by atoms with Crippen LogP contribution in [0, 0.1) is 0 Å². The molecule has 5 nitrogen and oxygen atoms in total. The van der Waals surface area contributed by atoms with Gasteiger partial charge in [0.05, 0.1) is 6.54 Å². The van der Waals surface area contributed by atoms with E-state index in [9.17, 15) is 9.59 Å². The van der Waals surface area contributed by atoms with Crippen molar-refractivity contribution in [2.45, 2.75) is 25.9 Å². The third kappa shape index (κ3) is 7.37. The molecular weight excluding hydrogens is 394 g/mol. The average Bonchev–Trinajstić information content (AvgIpc) is 3.30. The van der Waals surface area contributed by atoms with E-state index >= 15 is 0 Å². The van der Waals surface area contributed by atoms with E-state index in [0.29, 0.717) is 26.2 Å². The summed E-state index contributed by atoms with van der Waals surface area (Å²) in [6, 6.07) is 23.7. The highest BCUT2D eigenvalue weighted by molar-refractivity contribution is 7.09. The summed E-state index contributed by atoms with van der Waals surface area (Å²) in [5.74, 6) is 0.0442. The van der Waals surface area contributed by atoms with Crippen LogP contribution in [0.4, 0.5) is 4.79 Å². The fourth-order valence-electron chi connectivity index (χ4n) is 3.07. The largest absolute Gasteiger partial charge is 0.338 e. The molecule has 6 heteroatoms. The second kappa shape index (κ2) is 11.8. The number of benzene rings is 2. The number of rotatable bonds is 10. The second-order valence-electron chi connectivity index (χ2n) is 6.98. The molecule has 0 spiro atoms. The Labute approximate surface area is 181 Å². The fraction of sp³-hybridized carbons (Fsp3) is 0.250. The van der Waals surface area contributed by atoms with Crippen LogP contribution >= 0.6 is 11.3 Å². The molecule has 2 N–H and O–H groups in total. The Morgan fingerprint density at radius 1 is 0.833 bits per heavy atom. The minimum absolute atomic E-state index is 0.0442. The lowest BCUT2D eigenvalue weighted by Crippen LogP contribution is -2.39. The third-order valence-corrected chi connectivity index (χ3v) is 5.57. The van der Waals surface area contributed by atoms with E-state index in [1.807, 2.05) is 70.9 Å². The number of urea groups is 1. The molecule has 0 aliphatic rings. The van der Waals surface area contributed by atoms with Crippen LogP contribution in [0.2, 0.25) is 0 Å². The summed E-state index contributed by atoms with van der Waals surface area (Å²) in [6.07, 6.45) is 1.09. The van der Waals surface area contributed by atoms with Crippen LogP contribution < -0.4 is 10.6 Å². The summed E-state index contributed by atoms with van der Waals surface area (Å²) in [6.45, 7) is 2.03. The molecule has 0 saturated carbocycles. The van der Waals surface area contributed by atoms with Crippen molar-refractivity contribution < 1.29 is 9.59 Å². The Balaban J connectivity index is 1.45. The summed E-state index contributed by atoms with van der Waals surface area (Å²) >= 11 is 1.65. The zero-order chi connectivity index (χ0) is 21.0. The smallest absolute Gasteiger partial charge is 0.315 e. The lowest BCUT2D eigenvalue weighted by molar-refractivity contribution is -0.131. The Hall–Kier alpha value is -3.12. The Bertz CT molecular complexity index is 899. The van der Waals surface area contributed by atoms with Crippen LogP contribution in [-0.4, -0.2) is 29.9 Å². The SMILES string of the molecule is O=C(NCCC(=O)N(CCc1ccccc1)Cc1cccs1)NCc1ccccc1. The number of carbonyl (C=O) groups is 2. The highest BCUT2D eigenvalue weighted by Gasteiger charge is 2.15. The van der Waals surface area contributed by atoms with Crippen LogP contribution in [0.5, 0.6) is 0 Å². The van der Waals surface area contributed by atoms with Gasteiger partial charge in [0.15, 0.2) is 0 Å². The summed E-state index contributed by atoms with van der Waals surface area (Å²) in [7, 11) is 0. The molecule has 156 valence electrons. The van der Waals surface area contributed by atoms with Crippen molar-refractivity contribution in [2.75, 3.05) is 13.1 Å². The molecule has 1 heterocycles. The van der Waals surface area contributed by atoms with Gasteiger partial charge < -0.3 is 15.5 Å². The van der Waals surface area contributed by atoms with Crippen molar-refractivity contribution in [3.63, 3.8) is 0 Å². The van der Waals surface area contributed by atoms with Crippen LogP contribution in [0.15, 0.2) is 78.2 Å². The molecule has 3 aromatic rings. The highest BCUT2D eigenvalue weighted by atomic mass is 32.1. The van der Waals surface area contributed by atoms with Gasteiger partial charge >= 0.3 is 6.03 Å². The number of carbonyl (C=O) groups excluding carboxylic acids is 2. The minimum Gasteiger partial charge on any atom is -0.338 e. The van der Waals surface area contributed by atoms with Crippen molar-refractivity contribution in [1.29, 1.82) is 0 Å². The molecule has 3 rings (SSSR count). The maximum absolute atomic E-state index is 12.8. The standard InChI is InChI=1S/C24H27N3O2S/c28-23(13-15-25-24(29)26-18-21-10-5-2-6-11-21)27(19-22-12-7-17-30-22)16-14-20-8-3-1-4-9-20/h1-12,17H,13-16,18-19H2,(H2,25,26,29). The van der Waals surface area contributed by atoms with Crippen molar-refractivity contribution >= 4 is 23.3 Å². The monoisotopic (exact) mass is 421 g/mol. The van der Waals surface area contributed by atoms with E-state index in [1.165, 1.54) is 5.56 Å². The van der Waals surface area contributed by atoms with E-state index in [-0.39, 0.29) is 18.4 Å². The first-order valence-electron chi connectivity index (χ1n) is 10.1. The van der Waals surface area contributed by atoms with Crippen molar-refractivity contribution in [1.82, 2.24) is 15.5 Å². The fourth-order valence-corrected chi connectivity index (χ4v) is 3.79. The molecule has 0 radical (unpaired) electrons. The number of hydrogen-bond donors (Lipinski definition) is 2. The topological polar surface area (TPSA) is 61.4 Å². The highest BCUT2D eigenvalue weighted by Crippen LogP contribution is 2.13. The van der Waals surface area contributed by atoms with Gasteiger partial charge in [-0.05, 0) is 29.0 Å². The molecule has 0 unspecified atom stereocenters. The van der Waals surface area contributed by atoms with Gasteiger partial charge in [0.25, 0.3) is 0 Å². The predicted octanol–water partition coefficient (Wildman–Crippen LogP) is 4.21. The Morgan fingerprint density at radius 3 is 2.20 bits per heavy atom. The van der Waals surface area contributed by atoms with Gasteiger partial charge in [0.2, 0.25) is 5.91 Å². The van der Waals surface area contributed by atoms with Crippen LogP contribution in [0.1, 0.15) is 22.4 Å². The van der Waals surface area contributed by atoms with Gasteiger partial charge in [0.1, 0.15) is 0 Å². The van der Waals surface area contributed by atoms with Crippen LogP contribution in [0.3, 0.4) is 0 Å². The molecule has 0 saturated heterocycles. The summed E-state index contributed by atoms with van der Waals surface area (Å²) in [5.41, 5.74) is 2.24. The van der Waals surface area contributed by atoms with Gasteiger partial charge in [-0.1, -0.05) is 66.7 Å². The van der Waals surface area contributed by atoms with E-state index < -0.39 is 0 Å². The van der Waals surface area contributed by atoms with Gasteiger partial charge in [-0.3, -0.25) is 4.79 Å². The van der Waals surface area contributed by atoms with Crippen LogP contribution in [-0.2, 0) is 24.3 Å². The molecule has 0 aliphatic carbocycles. The minimum atomic E-state index is -0.263. The van der Waals surface area contributed by atoms with Crippen LogP contribution in [0.25, 0.3) is 0 Å². The predicted molar refractivity (Wildman–Crippen MR) is 121 cm³/mol. The molecule has 0 aliphatic heterocycles. The van der Waals surface area contributed by atoms with Crippen molar-refractivity contribution in [2.24, 2.45) is 0 Å². The first-order valence-corrected chi connectivity index (χ1v) is 11.0. The van der Waals surface area contributed by atoms with E-state index in [0.717, 1.165) is 16.9 Å². The summed E-state index contributed by atoms with van der Waals surface area (Å²) < 4.78 is 0. The Morgan fingerprint density at radius 2 is 1.53 bits per heavy atom. The molecule has 0 bridgehead atoms. The van der Waals surface area contributed by atoms with Gasteiger partial charge in [-0.25, -0.2) is 4.79 Å². The van der Waals surface area contributed by atoms with Gasteiger partial charge in [0, 0.05) is 30.9 Å². The number of nitrogens with one attached hydrogen (secondary N) is 2. The lowest BCUT2D eigenvalue weighted by Gasteiger charge is -2.22. The lowest BCUT2D eigenvalue weighted by atomic mass is 10.1. The maximum atomic E-state index is 12.8. The third-order valence-electron chi connectivity index (χ3n) is 4.71. The van der Waals surface area contributed by atoms with Gasteiger partial charge in [-0.2, -0.15) is 0 Å². The molecule has 30 heavy (non-hydrogen) atoms. The molecule has 3 amide bonds. The molecule has 0 atom stereocenters. The summed E-state index contributed by atoms with van der Waals surface area (Å²) in [5, 5.41) is 7.61. The number of hydrogen-bond acceptors (Lipinski definition) is 3. The number of nitrogens with zero attached hydrogens (tertiary/aromatic N) is 1. The van der Waals surface area contributed by atoms with Crippen molar-refractivity contribution in [3.05, 3.63) is 94.2 Å². The average molecular weight is 422 g/mol. The first-order chi connectivity index (χ1) is 14.7. The Kier molecular flexibility index (Phi) is 8.47. The normalized spacial score (nSPS) is 10.4. The van der Waals surface area contributed by atoms with E-state index in [4.69, 9.17) is 0 Å². The zero-order valence-electron chi connectivity index (χ0n) is 16.9. The molecule has 2 aromatic carbocycles. The first kappa shape index (κ1) is 21.6. The zero-order valence-corrected chi connectivity index (χ0v) is 17.7. The molecule has 0 fully saturated rings. The van der Waals surface area contributed by atoms with Crippen molar-refractivity contribution in [3.8, 4) is 0 Å². The molecule has 1 aromatic heterocycles. The molecular formula is C24H27N3O2S. The van der Waals surface area contributed by atoms with E-state index in [2.05, 4.69) is 22.8 Å². The maximum Gasteiger partial charge on any atom is 0.315 e. The van der Waals surface area contributed by atoms with E-state index in [1.54, 1.807) is 11.3 Å². The number of amides is 3.